The van der Waals surface area contributed by atoms with E-state index in [1.165, 1.54) is 4.90 Å². The van der Waals surface area contributed by atoms with Crippen molar-refractivity contribution in [1.29, 1.82) is 0 Å². The first-order valence-corrected chi connectivity index (χ1v) is 8.88. The minimum absolute atomic E-state index is 0.254. The van der Waals surface area contributed by atoms with Gasteiger partial charge in [-0.2, -0.15) is 0 Å². The molecule has 0 radical (unpaired) electrons. The van der Waals surface area contributed by atoms with Crippen LogP contribution in [0.2, 0.25) is 0 Å². The molecule has 0 spiro atoms. The van der Waals surface area contributed by atoms with Crippen LogP contribution in [0, 0.1) is 11.8 Å². The number of nitrogens with zero attached hydrogens (tertiary/aromatic N) is 1. The van der Waals surface area contributed by atoms with Crippen molar-refractivity contribution in [2.45, 2.75) is 56.6 Å². The van der Waals surface area contributed by atoms with Gasteiger partial charge in [-0.1, -0.05) is 18.3 Å². The molecule has 1 amide bonds. The van der Waals surface area contributed by atoms with Gasteiger partial charge in [0, 0.05) is 17.7 Å². The molecule has 1 aromatic rings. The van der Waals surface area contributed by atoms with Gasteiger partial charge in [-0.25, -0.2) is 4.79 Å². The number of likely N-dealkylation sites (tertiary alicyclic amines) is 1. The highest BCUT2D eigenvalue weighted by Gasteiger charge is 2.34. The fourth-order valence-corrected chi connectivity index (χ4v) is 3.58. The fourth-order valence-electron chi connectivity index (χ4n) is 3.58. The molecule has 2 aliphatic rings. The standard InChI is InChI=1S/C20H23NO4/c22-18(21-14-4-5-17(21)19(23)24)16-8-6-15(7-9-16)10-13-20(25)11-2-1-3-12-20/h6-9,17,25H,1-5,11-12,14H2,(H,23,24)/t17-/m0/s1. The molecule has 1 aliphatic carbocycles. The molecule has 2 N–H and O–H groups in total. The van der Waals surface area contributed by atoms with Gasteiger partial charge >= 0.3 is 5.97 Å². The largest absolute Gasteiger partial charge is 0.480 e. The zero-order valence-corrected chi connectivity index (χ0v) is 14.2. The highest BCUT2D eigenvalue weighted by Crippen LogP contribution is 2.27. The van der Waals surface area contributed by atoms with Gasteiger partial charge in [0.05, 0.1) is 0 Å². The number of carbonyl (C=O) groups is 2. The number of hydrogen-bond donors (Lipinski definition) is 2. The summed E-state index contributed by atoms with van der Waals surface area (Å²) in [5, 5.41) is 19.6. The van der Waals surface area contributed by atoms with Crippen molar-refractivity contribution in [2.75, 3.05) is 6.54 Å². The van der Waals surface area contributed by atoms with Crippen molar-refractivity contribution < 1.29 is 19.8 Å². The van der Waals surface area contributed by atoms with E-state index in [0.717, 1.165) is 24.8 Å². The van der Waals surface area contributed by atoms with Crippen molar-refractivity contribution in [1.82, 2.24) is 4.90 Å². The van der Waals surface area contributed by atoms with E-state index in [-0.39, 0.29) is 5.91 Å². The molecule has 1 saturated carbocycles. The van der Waals surface area contributed by atoms with Gasteiger partial charge in [0.1, 0.15) is 11.6 Å². The Morgan fingerprint density at radius 2 is 1.76 bits per heavy atom. The number of carbonyl (C=O) groups excluding carboxylic acids is 1. The molecule has 1 aliphatic heterocycles. The monoisotopic (exact) mass is 341 g/mol. The molecule has 1 atom stereocenters. The van der Waals surface area contributed by atoms with Crippen molar-refractivity contribution >= 4 is 11.9 Å². The summed E-state index contributed by atoms with van der Waals surface area (Å²) in [6.07, 6.45) is 5.78. The summed E-state index contributed by atoms with van der Waals surface area (Å²) in [5.41, 5.74) is 0.318. The maximum Gasteiger partial charge on any atom is 0.326 e. The third kappa shape index (κ3) is 4.02. The average Bonchev–Trinajstić information content (AvgIpc) is 3.11. The highest BCUT2D eigenvalue weighted by atomic mass is 16.4. The second-order valence-corrected chi connectivity index (χ2v) is 6.91. The number of hydrogen-bond acceptors (Lipinski definition) is 3. The number of carboxylic acids is 1. The molecule has 0 aromatic heterocycles. The van der Waals surface area contributed by atoms with E-state index in [1.54, 1.807) is 24.3 Å². The Bertz CT molecular complexity index is 707. The van der Waals surface area contributed by atoms with Gasteiger partial charge in [0.25, 0.3) is 5.91 Å². The van der Waals surface area contributed by atoms with Crippen molar-refractivity contribution in [3.05, 3.63) is 35.4 Å². The summed E-state index contributed by atoms with van der Waals surface area (Å²) in [6.45, 7) is 0.477. The lowest BCUT2D eigenvalue weighted by Crippen LogP contribution is -2.40. The molecule has 2 fully saturated rings. The third-order valence-electron chi connectivity index (χ3n) is 5.05. The van der Waals surface area contributed by atoms with Crippen LogP contribution in [0.1, 0.15) is 60.9 Å². The van der Waals surface area contributed by atoms with Crippen LogP contribution >= 0.6 is 0 Å². The molecule has 25 heavy (non-hydrogen) atoms. The van der Waals surface area contributed by atoms with Gasteiger partial charge in [0.15, 0.2) is 0 Å². The van der Waals surface area contributed by atoms with Crippen LogP contribution in [0.5, 0.6) is 0 Å². The first-order valence-electron chi connectivity index (χ1n) is 8.88. The van der Waals surface area contributed by atoms with Gasteiger partial charge < -0.3 is 15.1 Å². The van der Waals surface area contributed by atoms with Gasteiger partial charge in [-0.15, -0.1) is 0 Å². The minimum Gasteiger partial charge on any atom is -0.480 e. The molecule has 5 nitrogen and oxygen atoms in total. The lowest BCUT2D eigenvalue weighted by molar-refractivity contribution is -0.141. The Hall–Kier alpha value is -2.32. The Kier molecular flexibility index (Phi) is 5.10. The molecule has 5 heteroatoms. The Morgan fingerprint density at radius 3 is 2.40 bits per heavy atom. The van der Waals surface area contributed by atoms with E-state index in [1.807, 2.05) is 0 Å². The predicted molar refractivity (Wildman–Crippen MR) is 93.0 cm³/mol. The normalized spacial score (nSPS) is 22.1. The summed E-state index contributed by atoms with van der Waals surface area (Å²) < 4.78 is 0. The number of rotatable bonds is 2. The van der Waals surface area contributed by atoms with E-state index in [0.29, 0.717) is 37.8 Å². The van der Waals surface area contributed by atoms with E-state index in [4.69, 9.17) is 0 Å². The molecule has 1 saturated heterocycles. The van der Waals surface area contributed by atoms with E-state index >= 15 is 0 Å². The van der Waals surface area contributed by atoms with Gasteiger partial charge in [-0.3, -0.25) is 4.79 Å². The Balaban J connectivity index is 1.70. The number of carboxylic acid groups (broad SMARTS) is 1. The molecular weight excluding hydrogens is 318 g/mol. The van der Waals surface area contributed by atoms with Crippen LogP contribution in [-0.2, 0) is 4.79 Å². The lowest BCUT2D eigenvalue weighted by atomic mass is 9.85. The fraction of sp³-hybridized carbons (Fsp3) is 0.500. The molecule has 1 heterocycles. The number of amides is 1. The first kappa shape index (κ1) is 17.5. The predicted octanol–water partition coefficient (Wildman–Crippen LogP) is 2.42. The number of benzene rings is 1. The molecule has 0 bridgehead atoms. The minimum atomic E-state index is -0.950. The zero-order chi connectivity index (χ0) is 17.9. The van der Waals surface area contributed by atoms with E-state index in [9.17, 15) is 19.8 Å². The summed E-state index contributed by atoms with van der Waals surface area (Å²) in [6, 6.07) is 6.12. The quantitative estimate of drug-likeness (QED) is 0.810. The first-order chi connectivity index (χ1) is 12.0. The van der Waals surface area contributed by atoms with Crippen molar-refractivity contribution in [3.63, 3.8) is 0 Å². The van der Waals surface area contributed by atoms with Crippen LogP contribution in [-0.4, -0.2) is 45.2 Å². The van der Waals surface area contributed by atoms with Crippen molar-refractivity contribution in [3.8, 4) is 11.8 Å². The SMILES string of the molecule is O=C(O)[C@@H]1CCCN1C(=O)c1ccc(C#CC2(O)CCCCC2)cc1. The van der Waals surface area contributed by atoms with Crippen LogP contribution in [0.4, 0.5) is 0 Å². The molecular formula is C20H23NO4. The van der Waals surface area contributed by atoms with Crippen LogP contribution < -0.4 is 0 Å². The molecule has 132 valence electrons. The zero-order valence-electron chi connectivity index (χ0n) is 14.2. The highest BCUT2D eigenvalue weighted by molar-refractivity contribution is 5.97. The summed E-state index contributed by atoms with van der Waals surface area (Å²) in [7, 11) is 0. The second-order valence-electron chi connectivity index (χ2n) is 6.91. The third-order valence-corrected chi connectivity index (χ3v) is 5.05. The average molecular weight is 341 g/mol. The molecule has 1 aromatic carbocycles. The smallest absolute Gasteiger partial charge is 0.326 e. The summed E-state index contributed by atoms with van der Waals surface area (Å²) >= 11 is 0. The summed E-state index contributed by atoms with van der Waals surface area (Å²) in [5.74, 6) is 4.77. The lowest BCUT2D eigenvalue weighted by Gasteiger charge is -2.26. The van der Waals surface area contributed by atoms with Crippen molar-refractivity contribution in [2.24, 2.45) is 0 Å². The van der Waals surface area contributed by atoms with Gasteiger partial charge in [-0.05, 0) is 62.8 Å². The maximum absolute atomic E-state index is 12.5. The van der Waals surface area contributed by atoms with E-state index in [2.05, 4.69) is 11.8 Å². The van der Waals surface area contributed by atoms with Crippen LogP contribution in [0.3, 0.4) is 0 Å². The molecule has 0 unspecified atom stereocenters. The van der Waals surface area contributed by atoms with Gasteiger partial charge in [0.2, 0.25) is 0 Å². The second kappa shape index (κ2) is 7.28. The van der Waals surface area contributed by atoms with Crippen LogP contribution in [0.15, 0.2) is 24.3 Å². The maximum atomic E-state index is 12.5. The Morgan fingerprint density at radius 1 is 1.08 bits per heavy atom. The van der Waals surface area contributed by atoms with Crippen LogP contribution in [0.25, 0.3) is 0 Å². The summed E-state index contributed by atoms with van der Waals surface area (Å²) in [4.78, 5) is 25.2. The number of aliphatic hydroxyl groups is 1. The van der Waals surface area contributed by atoms with E-state index < -0.39 is 17.6 Å². The topological polar surface area (TPSA) is 77.8 Å². The number of aliphatic carboxylic acids is 1. The molecule has 3 rings (SSSR count). The Labute approximate surface area is 147 Å².